The van der Waals surface area contributed by atoms with Gasteiger partial charge in [0, 0.05) is 19.4 Å². The van der Waals surface area contributed by atoms with Gasteiger partial charge in [0.1, 0.15) is 6.61 Å². The van der Waals surface area contributed by atoms with E-state index in [1.54, 1.807) is 0 Å². The second kappa shape index (κ2) is 46.3. The maximum atomic E-state index is 12.6. The van der Waals surface area contributed by atoms with Crippen LogP contribution in [-0.2, 0) is 32.7 Å². The zero-order valence-electron chi connectivity index (χ0n) is 38.8. The molecule has 1 unspecified atom stereocenters. The zero-order chi connectivity index (χ0) is 43.2. The van der Waals surface area contributed by atoms with E-state index in [0.717, 1.165) is 25.7 Å². The van der Waals surface area contributed by atoms with E-state index >= 15 is 0 Å². The first-order valence-corrected chi connectivity index (χ1v) is 26.7. The van der Waals surface area contributed by atoms with Gasteiger partial charge in [0.05, 0.1) is 13.2 Å². The summed E-state index contributed by atoms with van der Waals surface area (Å²) < 4.78 is 32.9. The molecule has 0 aliphatic carbocycles. The summed E-state index contributed by atoms with van der Waals surface area (Å²) in [5.74, 6) is -0.850. The molecule has 3 N–H and O–H groups in total. The maximum Gasteiger partial charge on any atom is 0.472 e. The predicted molar refractivity (Wildman–Crippen MR) is 248 cm³/mol. The van der Waals surface area contributed by atoms with Crippen LogP contribution in [0.2, 0.25) is 0 Å². The van der Waals surface area contributed by atoms with Crippen LogP contribution in [0.15, 0.2) is 12.2 Å². The number of hydrogen-bond donors (Lipinski definition) is 2. The van der Waals surface area contributed by atoms with Gasteiger partial charge in [0.15, 0.2) is 6.10 Å². The fourth-order valence-corrected chi connectivity index (χ4v) is 8.17. The van der Waals surface area contributed by atoms with Crippen LogP contribution in [-0.4, -0.2) is 49.3 Å². The summed E-state index contributed by atoms with van der Waals surface area (Å²) in [7, 11) is -4.38. The molecule has 0 amide bonds. The van der Waals surface area contributed by atoms with Gasteiger partial charge in [-0.3, -0.25) is 18.6 Å². The summed E-state index contributed by atoms with van der Waals surface area (Å²) in [6, 6.07) is 0. The number of allylic oxidation sites excluding steroid dienone is 2. The molecule has 59 heavy (non-hydrogen) atoms. The van der Waals surface area contributed by atoms with E-state index in [1.165, 1.54) is 193 Å². The van der Waals surface area contributed by atoms with Crippen LogP contribution >= 0.6 is 7.82 Å². The summed E-state index contributed by atoms with van der Waals surface area (Å²) in [6.07, 6.45) is 49.8. The van der Waals surface area contributed by atoms with Crippen LogP contribution in [0.1, 0.15) is 258 Å². The number of rotatable bonds is 48. The van der Waals surface area contributed by atoms with Crippen LogP contribution in [0.3, 0.4) is 0 Å². The maximum absolute atomic E-state index is 12.6. The number of unbranched alkanes of at least 4 members (excludes halogenated alkanes) is 33. The average molecular weight is 858 g/mol. The van der Waals surface area contributed by atoms with E-state index in [4.69, 9.17) is 24.3 Å². The van der Waals surface area contributed by atoms with Gasteiger partial charge in [-0.1, -0.05) is 225 Å². The Kier molecular flexibility index (Phi) is 45.3. The van der Waals surface area contributed by atoms with Crippen molar-refractivity contribution in [2.24, 2.45) is 5.73 Å². The van der Waals surface area contributed by atoms with Gasteiger partial charge < -0.3 is 20.1 Å². The summed E-state index contributed by atoms with van der Waals surface area (Å²) >= 11 is 0. The van der Waals surface area contributed by atoms with Crippen molar-refractivity contribution in [1.29, 1.82) is 0 Å². The third kappa shape index (κ3) is 46.1. The monoisotopic (exact) mass is 858 g/mol. The third-order valence-corrected chi connectivity index (χ3v) is 12.1. The van der Waals surface area contributed by atoms with Crippen LogP contribution in [0.4, 0.5) is 0 Å². The van der Waals surface area contributed by atoms with Gasteiger partial charge in [0.2, 0.25) is 0 Å². The summed E-state index contributed by atoms with van der Waals surface area (Å²) in [6.45, 7) is 3.76. The number of ether oxygens (including phenoxy) is 2. The molecular formula is C49H96NO8P. The third-order valence-electron chi connectivity index (χ3n) is 11.2. The molecule has 2 atom stereocenters. The minimum Gasteiger partial charge on any atom is -0.462 e. The fourth-order valence-electron chi connectivity index (χ4n) is 7.41. The number of carbonyl (C=O) groups excluding carboxylic acids is 2. The molecule has 0 fully saturated rings. The Bertz CT molecular complexity index is 980. The Morgan fingerprint density at radius 1 is 0.492 bits per heavy atom. The summed E-state index contributed by atoms with van der Waals surface area (Å²) in [5, 5.41) is 0. The highest BCUT2D eigenvalue weighted by Gasteiger charge is 2.26. The Morgan fingerprint density at radius 3 is 1.25 bits per heavy atom. The summed E-state index contributed by atoms with van der Waals surface area (Å²) in [4.78, 5) is 35.0. The van der Waals surface area contributed by atoms with E-state index in [9.17, 15) is 19.0 Å². The molecule has 0 aromatic heterocycles. The normalized spacial score (nSPS) is 13.2. The molecule has 0 saturated heterocycles. The fraction of sp³-hybridized carbons (Fsp3) is 0.918. The van der Waals surface area contributed by atoms with Crippen molar-refractivity contribution in [3.63, 3.8) is 0 Å². The molecule has 0 heterocycles. The number of esters is 2. The lowest BCUT2D eigenvalue weighted by Crippen LogP contribution is -2.29. The summed E-state index contributed by atoms with van der Waals surface area (Å²) in [5.41, 5.74) is 5.36. The Hall–Kier alpha value is -1.25. The highest BCUT2D eigenvalue weighted by molar-refractivity contribution is 7.47. The Morgan fingerprint density at radius 2 is 0.847 bits per heavy atom. The molecule has 0 aromatic rings. The molecule has 9 nitrogen and oxygen atoms in total. The van der Waals surface area contributed by atoms with Gasteiger partial charge in [-0.25, -0.2) is 4.57 Å². The Labute approximate surface area is 364 Å². The molecular weight excluding hydrogens is 762 g/mol. The number of phosphoric ester groups is 1. The smallest absolute Gasteiger partial charge is 0.462 e. The van der Waals surface area contributed by atoms with Gasteiger partial charge in [0.25, 0.3) is 0 Å². The van der Waals surface area contributed by atoms with E-state index < -0.39 is 32.5 Å². The molecule has 0 aromatic carbocycles. The SMILES string of the molecule is CCCCCCCCCCCCCCCCCCCC/C=C/CCCC(=O)OC[C@@H](COP(=O)(O)OCCN)OC(=O)CCCCCCCCCCCCCCCCC. The number of carbonyl (C=O) groups is 2. The first-order valence-electron chi connectivity index (χ1n) is 25.2. The van der Waals surface area contributed by atoms with Crippen LogP contribution in [0.5, 0.6) is 0 Å². The second-order valence-electron chi connectivity index (χ2n) is 17.0. The molecule has 350 valence electrons. The predicted octanol–water partition coefficient (Wildman–Crippen LogP) is 15.0. The Balaban J connectivity index is 4.01. The standard InChI is InChI=1S/C49H96NO8P/c1-3-5-7-9-11-13-15-17-19-20-21-22-23-24-25-26-28-29-31-33-35-37-39-41-48(51)55-45-47(46-57-59(53,54)56-44-43-50)58-49(52)42-40-38-36-34-32-30-27-18-16-14-12-10-8-6-4-2/h33,35,47H,3-32,34,36-46,50H2,1-2H3,(H,53,54)/b35-33+/t47-/m0/s1. The van der Waals surface area contributed by atoms with Crippen molar-refractivity contribution in [2.75, 3.05) is 26.4 Å². The van der Waals surface area contributed by atoms with Crippen molar-refractivity contribution in [2.45, 2.75) is 264 Å². The largest absolute Gasteiger partial charge is 0.472 e. The molecule has 0 aliphatic rings. The van der Waals surface area contributed by atoms with Crippen molar-refractivity contribution in [1.82, 2.24) is 0 Å². The van der Waals surface area contributed by atoms with Gasteiger partial charge in [-0.2, -0.15) is 0 Å². The van der Waals surface area contributed by atoms with E-state index in [-0.39, 0.29) is 32.6 Å². The molecule has 0 rings (SSSR count). The minimum atomic E-state index is -4.38. The highest BCUT2D eigenvalue weighted by Crippen LogP contribution is 2.43. The first-order chi connectivity index (χ1) is 28.8. The zero-order valence-corrected chi connectivity index (χ0v) is 39.7. The van der Waals surface area contributed by atoms with Crippen LogP contribution < -0.4 is 5.73 Å². The average Bonchev–Trinajstić information content (AvgIpc) is 3.22. The van der Waals surface area contributed by atoms with Crippen molar-refractivity contribution in [3.8, 4) is 0 Å². The number of nitrogens with two attached hydrogens (primary N) is 1. The second-order valence-corrected chi connectivity index (χ2v) is 18.5. The molecule has 0 spiro atoms. The number of hydrogen-bond acceptors (Lipinski definition) is 8. The van der Waals surface area contributed by atoms with Crippen molar-refractivity contribution >= 4 is 19.8 Å². The van der Waals surface area contributed by atoms with Gasteiger partial charge in [-0.05, 0) is 32.1 Å². The van der Waals surface area contributed by atoms with E-state index in [1.807, 2.05) is 0 Å². The minimum absolute atomic E-state index is 0.0535. The van der Waals surface area contributed by atoms with E-state index in [0.29, 0.717) is 12.8 Å². The quantitative estimate of drug-likeness (QED) is 0.0265. The lowest BCUT2D eigenvalue weighted by Gasteiger charge is -2.19. The molecule has 0 saturated carbocycles. The lowest BCUT2D eigenvalue weighted by molar-refractivity contribution is -0.161. The molecule has 0 bridgehead atoms. The van der Waals surface area contributed by atoms with Crippen molar-refractivity contribution < 1.29 is 37.6 Å². The molecule has 10 heteroatoms. The lowest BCUT2D eigenvalue weighted by atomic mass is 10.0. The van der Waals surface area contributed by atoms with Gasteiger partial charge >= 0.3 is 19.8 Å². The highest BCUT2D eigenvalue weighted by atomic mass is 31.2. The van der Waals surface area contributed by atoms with Gasteiger partial charge in [-0.15, -0.1) is 0 Å². The van der Waals surface area contributed by atoms with Crippen molar-refractivity contribution in [3.05, 3.63) is 12.2 Å². The molecule has 0 radical (unpaired) electrons. The van der Waals surface area contributed by atoms with E-state index in [2.05, 4.69) is 26.0 Å². The van der Waals surface area contributed by atoms with Crippen LogP contribution in [0, 0.1) is 0 Å². The number of phosphoric acid groups is 1. The first kappa shape index (κ1) is 57.8. The van der Waals surface area contributed by atoms with Crippen LogP contribution in [0.25, 0.3) is 0 Å². The molecule has 0 aliphatic heterocycles. The topological polar surface area (TPSA) is 134 Å².